The topological polar surface area (TPSA) is 40.5 Å². The highest BCUT2D eigenvalue weighted by molar-refractivity contribution is 9.10. The van der Waals surface area contributed by atoms with E-state index in [1.807, 2.05) is 24.3 Å². The molecular weight excluding hydrogens is 405 g/mol. The summed E-state index contributed by atoms with van der Waals surface area (Å²) in [6.07, 6.45) is 0. The van der Waals surface area contributed by atoms with E-state index in [0.29, 0.717) is 12.2 Å². The van der Waals surface area contributed by atoms with Crippen molar-refractivity contribution >= 4 is 43.5 Å². The normalized spacial score (nSPS) is 10.5. The first-order valence-electron chi connectivity index (χ1n) is 6.07. The average molecular weight is 417 g/mol. The monoisotopic (exact) mass is 415 g/mol. The lowest BCUT2D eigenvalue weighted by Gasteiger charge is -2.21. The molecule has 2 rings (SSSR count). The Balaban J connectivity index is 2.27. The van der Waals surface area contributed by atoms with Gasteiger partial charge in [0.1, 0.15) is 0 Å². The largest absolute Gasteiger partial charge is 0.478 e. The van der Waals surface area contributed by atoms with Gasteiger partial charge in [-0.25, -0.2) is 9.18 Å². The molecule has 1 N–H and O–H groups in total. The third-order valence-corrected chi connectivity index (χ3v) is 4.34. The van der Waals surface area contributed by atoms with Gasteiger partial charge in [0.25, 0.3) is 0 Å². The minimum absolute atomic E-state index is 0.0323. The van der Waals surface area contributed by atoms with Crippen molar-refractivity contribution in [2.45, 2.75) is 6.54 Å². The van der Waals surface area contributed by atoms with E-state index in [9.17, 15) is 9.18 Å². The SMILES string of the molecule is CN(Cc1ccc(Br)cc1)c1ccc(C(=O)O)c(Br)c1F. The fourth-order valence-electron chi connectivity index (χ4n) is 1.95. The van der Waals surface area contributed by atoms with Crippen molar-refractivity contribution in [1.82, 2.24) is 0 Å². The molecule has 0 radical (unpaired) electrons. The number of halogens is 3. The van der Waals surface area contributed by atoms with Gasteiger partial charge >= 0.3 is 5.97 Å². The molecule has 0 fully saturated rings. The van der Waals surface area contributed by atoms with E-state index < -0.39 is 11.8 Å². The first-order valence-corrected chi connectivity index (χ1v) is 7.65. The van der Waals surface area contributed by atoms with Gasteiger partial charge in [-0.3, -0.25) is 0 Å². The highest BCUT2D eigenvalue weighted by Crippen LogP contribution is 2.29. The van der Waals surface area contributed by atoms with Crippen LogP contribution in [-0.2, 0) is 6.54 Å². The standard InChI is InChI=1S/C15H12Br2FNO2/c1-19(8-9-2-4-10(16)5-3-9)12-7-6-11(15(20)21)13(17)14(12)18/h2-7H,8H2,1H3,(H,20,21). The number of benzene rings is 2. The summed E-state index contributed by atoms with van der Waals surface area (Å²) in [5, 5.41) is 8.97. The molecular formula is C15H12Br2FNO2. The number of hydrogen-bond acceptors (Lipinski definition) is 2. The van der Waals surface area contributed by atoms with Crippen molar-refractivity contribution in [2.24, 2.45) is 0 Å². The van der Waals surface area contributed by atoms with Crippen LogP contribution >= 0.6 is 31.9 Å². The molecule has 0 spiro atoms. The molecule has 0 atom stereocenters. The molecule has 3 nitrogen and oxygen atoms in total. The maximum Gasteiger partial charge on any atom is 0.336 e. The van der Waals surface area contributed by atoms with Crippen molar-refractivity contribution in [1.29, 1.82) is 0 Å². The Morgan fingerprint density at radius 2 is 1.81 bits per heavy atom. The molecule has 6 heteroatoms. The summed E-state index contributed by atoms with van der Waals surface area (Å²) in [7, 11) is 1.76. The summed E-state index contributed by atoms with van der Waals surface area (Å²) in [6, 6.07) is 10.6. The minimum Gasteiger partial charge on any atom is -0.478 e. The molecule has 0 heterocycles. The van der Waals surface area contributed by atoms with Crippen molar-refractivity contribution in [3.63, 3.8) is 0 Å². The van der Waals surface area contributed by atoms with Crippen LogP contribution in [0.2, 0.25) is 0 Å². The minimum atomic E-state index is -1.16. The van der Waals surface area contributed by atoms with E-state index in [-0.39, 0.29) is 10.0 Å². The van der Waals surface area contributed by atoms with Crippen molar-refractivity contribution < 1.29 is 14.3 Å². The van der Waals surface area contributed by atoms with Gasteiger partial charge in [0, 0.05) is 18.1 Å². The number of carbonyl (C=O) groups is 1. The van der Waals surface area contributed by atoms with Gasteiger partial charge in [-0.2, -0.15) is 0 Å². The fourth-order valence-corrected chi connectivity index (χ4v) is 2.72. The lowest BCUT2D eigenvalue weighted by Crippen LogP contribution is -2.18. The number of carboxylic acids is 1. The Kier molecular flexibility index (Phi) is 5.00. The molecule has 21 heavy (non-hydrogen) atoms. The third-order valence-electron chi connectivity index (χ3n) is 3.04. The highest BCUT2D eigenvalue weighted by atomic mass is 79.9. The first kappa shape index (κ1) is 16.0. The van der Waals surface area contributed by atoms with Gasteiger partial charge in [-0.15, -0.1) is 0 Å². The second kappa shape index (κ2) is 6.58. The summed E-state index contributed by atoms with van der Waals surface area (Å²) in [6.45, 7) is 0.517. The molecule has 110 valence electrons. The van der Waals surface area contributed by atoms with Crippen LogP contribution in [0, 0.1) is 5.82 Å². The number of carboxylic acid groups (broad SMARTS) is 1. The van der Waals surface area contributed by atoms with E-state index in [1.54, 1.807) is 11.9 Å². The van der Waals surface area contributed by atoms with E-state index in [1.165, 1.54) is 12.1 Å². The first-order chi connectivity index (χ1) is 9.90. The molecule has 2 aromatic rings. The predicted octanol–water partition coefficient (Wildman–Crippen LogP) is 4.69. The van der Waals surface area contributed by atoms with Crippen LogP contribution in [0.3, 0.4) is 0 Å². The fraction of sp³-hybridized carbons (Fsp3) is 0.133. The van der Waals surface area contributed by atoms with Crippen molar-refractivity contribution in [3.8, 4) is 0 Å². The number of anilines is 1. The van der Waals surface area contributed by atoms with Gasteiger partial charge in [-0.1, -0.05) is 28.1 Å². The third kappa shape index (κ3) is 3.63. The molecule has 0 aromatic heterocycles. The zero-order valence-electron chi connectivity index (χ0n) is 11.1. The molecule has 0 aliphatic carbocycles. The van der Waals surface area contributed by atoms with Crippen LogP contribution in [0.15, 0.2) is 45.3 Å². The molecule has 0 saturated heterocycles. The Hall–Kier alpha value is -1.40. The molecule has 0 unspecified atom stereocenters. The number of hydrogen-bond donors (Lipinski definition) is 1. The summed E-state index contributed by atoms with van der Waals surface area (Å²) in [5.74, 6) is -1.74. The smallest absolute Gasteiger partial charge is 0.336 e. The van der Waals surface area contributed by atoms with Gasteiger partial charge in [-0.05, 0) is 45.8 Å². The van der Waals surface area contributed by atoms with E-state index in [2.05, 4.69) is 31.9 Å². The van der Waals surface area contributed by atoms with Crippen LogP contribution in [0.5, 0.6) is 0 Å². The van der Waals surface area contributed by atoms with Crippen LogP contribution in [0.4, 0.5) is 10.1 Å². The lowest BCUT2D eigenvalue weighted by molar-refractivity contribution is 0.0695. The number of nitrogens with zero attached hydrogens (tertiary/aromatic N) is 1. The summed E-state index contributed by atoms with van der Waals surface area (Å²) < 4.78 is 15.2. The molecule has 0 aliphatic heterocycles. The van der Waals surface area contributed by atoms with Gasteiger partial charge in [0.05, 0.1) is 15.7 Å². The predicted molar refractivity (Wildman–Crippen MR) is 87.3 cm³/mol. The number of rotatable bonds is 4. The zero-order valence-corrected chi connectivity index (χ0v) is 14.3. The van der Waals surface area contributed by atoms with E-state index in [0.717, 1.165) is 10.0 Å². The molecule has 0 saturated carbocycles. The highest BCUT2D eigenvalue weighted by Gasteiger charge is 2.18. The second-order valence-electron chi connectivity index (χ2n) is 4.55. The van der Waals surface area contributed by atoms with Gasteiger partial charge in [0.15, 0.2) is 5.82 Å². The number of aromatic carboxylic acids is 1. The second-order valence-corrected chi connectivity index (χ2v) is 6.26. The Labute approximate surface area is 138 Å². The molecule has 0 amide bonds. The van der Waals surface area contributed by atoms with Crippen LogP contribution in [-0.4, -0.2) is 18.1 Å². The quantitative estimate of drug-likeness (QED) is 0.786. The van der Waals surface area contributed by atoms with Crippen LogP contribution in [0.25, 0.3) is 0 Å². The molecule has 0 bridgehead atoms. The average Bonchev–Trinajstić information content (AvgIpc) is 2.43. The van der Waals surface area contributed by atoms with E-state index in [4.69, 9.17) is 5.11 Å². The Bertz CT molecular complexity index is 674. The maximum atomic E-state index is 14.3. The molecule has 0 aliphatic rings. The van der Waals surface area contributed by atoms with Crippen LogP contribution in [0.1, 0.15) is 15.9 Å². The van der Waals surface area contributed by atoms with Gasteiger partial charge < -0.3 is 10.0 Å². The van der Waals surface area contributed by atoms with Gasteiger partial charge in [0.2, 0.25) is 0 Å². The maximum absolute atomic E-state index is 14.3. The Morgan fingerprint density at radius 3 is 2.38 bits per heavy atom. The zero-order chi connectivity index (χ0) is 15.6. The van der Waals surface area contributed by atoms with Crippen molar-refractivity contribution in [2.75, 3.05) is 11.9 Å². The van der Waals surface area contributed by atoms with Crippen LogP contribution < -0.4 is 4.90 Å². The summed E-state index contributed by atoms with van der Waals surface area (Å²) in [5.41, 5.74) is 1.28. The summed E-state index contributed by atoms with van der Waals surface area (Å²) >= 11 is 6.37. The Morgan fingerprint density at radius 1 is 1.19 bits per heavy atom. The van der Waals surface area contributed by atoms with Crippen molar-refractivity contribution in [3.05, 3.63) is 62.3 Å². The lowest BCUT2D eigenvalue weighted by atomic mass is 10.1. The van der Waals surface area contributed by atoms with E-state index >= 15 is 0 Å². The molecule has 2 aromatic carbocycles. The summed E-state index contributed by atoms with van der Waals surface area (Å²) in [4.78, 5) is 12.7.